The van der Waals surface area contributed by atoms with E-state index < -0.39 is 17.8 Å². The molecule has 1 N–H and O–H groups in total. The van der Waals surface area contributed by atoms with Crippen LogP contribution in [0, 0.1) is 11.2 Å². The van der Waals surface area contributed by atoms with E-state index in [1.54, 1.807) is 35.4 Å². The Morgan fingerprint density at radius 3 is 2.79 bits per heavy atom. The van der Waals surface area contributed by atoms with Gasteiger partial charge in [-0.2, -0.15) is 0 Å². The van der Waals surface area contributed by atoms with E-state index in [0.717, 1.165) is 19.5 Å². The molecule has 4 amide bonds. The molecule has 0 bridgehead atoms. The summed E-state index contributed by atoms with van der Waals surface area (Å²) in [5.74, 6) is -1.47. The number of benzene rings is 1. The maximum Gasteiger partial charge on any atom is 0.409 e. The van der Waals surface area contributed by atoms with Crippen LogP contribution in [0.2, 0.25) is 0 Å². The van der Waals surface area contributed by atoms with Crippen LogP contribution < -0.4 is 5.32 Å². The van der Waals surface area contributed by atoms with E-state index in [0.29, 0.717) is 41.9 Å². The fraction of sp³-hybridized carbons (Fsp3) is 0.444. The maximum absolute atomic E-state index is 15.6. The lowest BCUT2D eigenvalue weighted by Gasteiger charge is -2.48. The summed E-state index contributed by atoms with van der Waals surface area (Å²) in [4.78, 5) is 58.3. The van der Waals surface area contributed by atoms with Gasteiger partial charge in [-0.3, -0.25) is 29.6 Å². The molecule has 1 spiro atoms. The van der Waals surface area contributed by atoms with Crippen molar-refractivity contribution in [2.24, 2.45) is 5.41 Å². The van der Waals surface area contributed by atoms with Crippen LogP contribution in [0.4, 0.5) is 9.18 Å². The quantitative estimate of drug-likeness (QED) is 0.612. The second-order valence-electron chi connectivity index (χ2n) is 10.7. The molecular weight excluding hydrogens is 493 g/mol. The number of rotatable bonds is 4. The lowest BCUT2D eigenvalue weighted by Crippen LogP contribution is -2.57. The molecule has 3 saturated heterocycles. The summed E-state index contributed by atoms with van der Waals surface area (Å²) >= 11 is 0. The molecule has 1 atom stereocenters. The van der Waals surface area contributed by atoms with Crippen LogP contribution in [0.3, 0.4) is 0 Å². The van der Waals surface area contributed by atoms with Crippen LogP contribution in [-0.2, 0) is 27.4 Å². The van der Waals surface area contributed by atoms with Gasteiger partial charge in [-0.1, -0.05) is 6.07 Å². The molecule has 0 radical (unpaired) electrons. The van der Waals surface area contributed by atoms with Crippen LogP contribution in [0.5, 0.6) is 0 Å². The first-order chi connectivity index (χ1) is 18.3. The second-order valence-corrected chi connectivity index (χ2v) is 10.7. The summed E-state index contributed by atoms with van der Waals surface area (Å²) in [6.07, 6.45) is 2.67. The Balaban J connectivity index is 1.15. The average Bonchev–Trinajstić information content (AvgIpc) is 3.46. The van der Waals surface area contributed by atoms with Crippen molar-refractivity contribution in [1.82, 2.24) is 25.0 Å². The highest BCUT2D eigenvalue weighted by atomic mass is 19.1. The Labute approximate surface area is 218 Å². The van der Waals surface area contributed by atoms with Gasteiger partial charge in [0.25, 0.3) is 5.91 Å². The first-order valence-electron chi connectivity index (χ1n) is 12.7. The number of carbonyl (C=O) groups excluding carboxylic acids is 4. The summed E-state index contributed by atoms with van der Waals surface area (Å²) in [6, 6.07) is 6.07. The van der Waals surface area contributed by atoms with Gasteiger partial charge < -0.3 is 14.5 Å². The average molecular weight is 522 g/mol. The number of nitrogens with zero attached hydrogens (tertiary/aromatic N) is 4. The van der Waals surface area contributed by atoms with Gasteiger partial charge >= 0.3 is 6.09 Å². The highest BCUT2D eigenvalue weighted by Crippen LogP contribution is 2.41. The number of ether oxygens (including phenoxy) is 1. The van der Waals surface area contributed by atoms with Gasteiger partial charge in [-0.25, -0.2) is 9.18 Å². The number of pyridine rings is 1. The molecule has 10 nitrogen and oxygen atoms in total. The molecule has 38 heavy (non-hydrogen) atoms. The normalized spacial score (nSPS) is 22.5. The minimum Gasteiger partial charge on any atom is -0.453 e. The number of halogens is 1. The number of hydrogen-bond acceptors (Lipinski definition) is 7. The van der Waals surface area contributed by atoms with E-state index >= 15 is 4.39 Å². The van der Waals surface area contributed by atoms with E-state index in [1.807, 2.05) is 0 Å². The van der Waals surface area contributed by atoms with Gasteiger partial charge in [-0.05, 0) is 36.6 Å². The fourth-order valence-electron chi connectivity index (χ4n) is 6.26. The molecule has 6 rings (SSSR count). The monoisotopic (exact) mass is 521 g/mol. The van der Waals surface area contributed by atoms with E-state index in [9.17, 15) is 19.2 Å². The van der Waals surface area contributed by atoms with Gasteiger partial charge in [0.05, 0.1) is 7.11 Å². The fourth-order valence-corrected chi connectivity index (χ4v) is 6.26. The summed E-state index contributed by atoms with van der Waals surface area (Å²) in [6.45, 7) is 3.56. The standard InChI is InChI=1S/C27H28FN5O5/c1-38-26(37)32-9-7-27(15-32)13-31(14-27)11-17-6-8-29-23(22(17)28)16-2-3-19-18(10-16)12-33(25(19)36)20-4-5-21(34)30-24(20)35/h2-3,6,8,10,20H,4-5,7,9,11-15H2,1H3,(H,30,34,35). The molecule has 4 aliphatic rings. The number of nitrogens with one attached hydrogen (secondary N) is 1. The maximum atomic E-state index is 15.6. The van der Waals surface area contributed by atoms with Crippen molar-refractivity contribution >= 4 is 23.8 Å². The SMILES string of the molecule is COC(=O)N1CCC2(CN(Cc3ccnc(-c4ccc5c(c4)CN(C4CCC(=O)NC4=O)C5=O)c3F)C2)C1. The molecule has 3 fully saturated rings. The molecule has 5 heterocycles. The predicted molar refractivity (Wildman–Crippen MR) is 132 cm³/mol. The van der Waals surface area contributed by atoms with Crippen molar-refractivity contribution in [3.05, 3.63) is 53.0 Å². The highest BCUT2D eigenvalue weighted by molar-refractivity contribution is 6.05. The van der Waals surface area contributed by atoms with Gasteiger partial charge in [0.2, 0.25) is 11.8 Å². The smallest absolute Gasteiger partial charge is 0.409 e. The number of piperidine rings is 1. The van der Waals surface area contributed by atoms with Gasteiger partial charge in [-0.15, -0.1) is 0 Å². The number of fused-ring (bicyclic) bond motifs is 1. The van der Waals surface area contributed by atoms with E-state index in [1.165, 1.54) is 12.0 Å². The van der Waals surface area contributed by atoms with Crippen LogP contribution >= 0.6 is 0 Å². The largest absolute Gasteiger partial charge is 0.453 e. The molecule has 1 unspecified atom stereocenters. The lowest BCUT2D eigenvalue weighted by molar-refractivity contribution is -0.136. The summed E-state index contributed by atoms with van der Waals surface area (Å²) in [5, 5.41) is 2.30. The molecule has 4 aliphatic heterocycles. The minimum absolute atomic E-state index is 0.0431. The van der Waals surface area contributed by atoms with Crippen LogP contribution in [0.1, 0.15) is 40.7 Å². The first-order valence-corrected chi connectivity index (χ1v) is 12.7. The van der Waals surface area contributed by atoms with Gasteiger partial charge in [0.15, 0.2) is 5.82 Å². The molecule has 2 aromatic rings. The summed E-state index contributed by atoms with van der Waals surface area (Å²) < 4.78 is 20.5. The van der Waals surface area contributed by atoms with Gasteiger partial charge in [0, 0.05) is 74.0 Å². The third-order valence-electron chi connectivity index (χ3n) is 8.15. The Hall–Kier alpha value is -3.86. The van der Waals surface area contributed by atoms with Crippen molar-refractivity contribution in [3.8, 4) is 11.3 Å². The minimum atomic E-state index is -0.700. The van der Waals surface area contributed by atoms with E-state index in [2.05, 4.69) is 15.2 Å². The lowest BCUT2D eigenvalue weighted by atomic mass is 9.79. The predicted octanol–water partition coefficient (Wildman–Crippen LogP) is 1.92. The Morgan fingerprint density at radius 1 is 1.21 bits per heavy atom. The molecular formula is C27H28FN5O5. The second kappa shape index (κ2) is 9.16. The van der Waals surface area contributed by atoms with Crippen LogP contribution in [0.15, 0.2) is 30.5 Å². The number of aromatic nitrogens is 1. The number of imide groups is 1. The van der Waals surface area contributed by atoms with Crippen molar-refractivity contribution in [2.45, 2.75) is 38.4 Å². The highest BCUT2D eigenvalue weighted by Gasteiger charge is 2.49. The Kier molecular flexibility index (Phi) is 5.90. The molecule has 1 aromatic carbocycles. The first kappa shape index (κ1) is 24.5. The zero-order valence-corrected chi connectivity index (χ0v) is 21.0. The number of hydrogen-bond donors (Lipinski definition) is 1. The van der Waals surface area contributed by atoms with Crippen molar-refractivity contribution in [2.75, 3.05) is 33.3 Å². The third-order valence-corrected chi connectivity index (χ3v) is 8.15. The Bertz CT molecular complexity index is 1360. The van der Waals surface area contributed by atoms with Crippen LogP contribution in [-0.4, -0.2) is 82.8 Å². The molecule has 0 aliphatic carbocycles. The molecule has 198 valence electrons. The van der Waals surface area contributed by atoms with Gasteiger partial charge in [0.1, 0.15) is 11.7 Å². The van der Waals surface area contributed by atoms with Crippen LogP contribution in [0.25, 0.3) is 11.3 Å². The molecule has 0 saturated carbocycles. The summed E-state index contributed by atoms with van der Waals surface area (Å²) in [7, 11) is 1.39. The van der Waals surface area contributed by atoms with Crippen molar-refractivity contribution in [3.63, 3.8) is 0 Å². The van der Waals surface area contributed by atoms with E-state index in [-0.39, 0.29) is 48.4 Å². The van der Waals surface area contributed by atoms with Crippen molar-refractivity contribution < 1.29 is 28.3 Å². The molecule has 1 aromatic heterocycles. The van der Waals surface area contributed by atoms with E-state index in [4.69, 9.17) is 4.74 Å². The zero-order valence-electron chi connectivity index (χ0n) is 21.0. The zero-order chi connectivity index (χ0) is 26.6. The topological polar surface area (TPSA) is 112 Å². The number of carbonyl (C=O) groups is 4. The summed E-state index contributed by atoms with van der Waals surface area (Å²) in [5.41, 5.74) is 2.52. The number of methoxy groups -OCH3 is 1. The number of amides is 4. The van der Waals surface area contributed by atoms with Crippen molar-refractivity contribution in [1.29, 1.82) is 0 Å². The molecule has 11 heteroatoms. The Morgan fingerprint density at radius 2 is 2.03 bits per heavy atom. The third kappa shape index (κ3) is 4.10. The number of likely N-dealkylation sites (tertiary alicyclic amines) is 2.